The molecular weight excluding hydrogens is 394 g/mol. The fourth-order valence-electron chi connectivity index (χ4n) is 4.25. The van der Waals surface area contributed by atoms with Crippen molar-refractivity contribution >= 4 is 11.6 Å². The first kappa shape index (κ1) is 22.0. The first-order valence-electron chi connectivity index (χ1n) is 11.2. The summed E-state index contributed by atoms with van der Waals surface area (Å²) in [6.45, 7) is 7.33. The van der Waals surface area contributed by atoms with Crippen LogP contribution < -0.4 is 0 Å². The van der Waals surface area contributed by atoms with Gasteiger partial charge in [0, 0.05) is 18.5 Å². The van der Waals surface area contributed by atoms with Crippen molar-refractivity contribution in [3.05, 3.63) is 106 Å². The molecule has 0 radical (unpaired) electrons. The molecule has 1 aliphatic rings. The molecule has 0 bridgehead atoms. The van der Waals surface area contributed by atoms with Crippen LogP contribution in [-0.2, 0) is 11.3 Å². The molecule has 0 saturated carbocycles. The van der Waals surface area contributed by atoms with E-state index in [1.54, 1.807) is 5.01 Å². The lowest BCUT2D eigenvalue weighted by Crippen LogP contribution is -2.36. The first-order chi connectivity index (χ1) is 15.4. The largest absolute Gasteiger partial charge is 0.293 e. The predicted molar refractivity (Wildman–Crippen MR) is 131 cm³/mol. The number of nitrogens with zero attached hydrogens (tertiary/aromatic N) is 3. The summed E-state index contributed by atoms with van der Waals surface area (Å²) in [5, 5.41) is 6.59. The van der Waals surface area contributed by atoms with Crippen LogP contribution in [0.5, 0.6) is 0 Å². The fourth-order valence-corrected chi connectivity index (χ4v) is 4.25. The van der Waals surface area contributed by atoms with Crippen LogP contribution in [0.25, 0.3) is 0 Å². The van der Waals surface area contributed by atoms with Crippen molar-refractivity contribution in [1.82, 2.24) is 9.91 Å². The maximum absolute atomic E-state index is 13.4. The molecular formula is C28H31N3O. The molecule has 4 nitrogen and oxygen atoms in total. The fraction of sp³-hybridized carbons (Fsp3) is 0.286. The number of hydrogen-bond donors (Lipinski definition) is 0. The number of likely N-dealkylation sites (N-methyl/N-ethyl adjacent to an activating group) is 1. The van der Waals surface area contributed by atoms with E-state index in [1.807, 2.05) is 25.2 Å². The molecule has 1 heterocycles. The average Bonchev–Trinajstić information content (AvgIpc) is 3.22. The maximum Gasteiger partial charge on any atom is 0.257 e. The van der Waals surface area contributed by atoms with Crippen LogP contribution in [0.2, 0.25) is 0 Å². The van der Waals surface area contributed by atoms with Crippen molar-refractivity contribution in [2.45, 2.75) is 39.8 Å². The Labute approximate surface area is 191 Å². The van der Waals surface area contributed by atoms with E-state index in [-0.39, 0.29) is 11.9 Å². The highest BCUT2D eigenvalue weighted by molar-refractivity contribution is 6.04. The molecule has 4 heteroatoms. The second-order valence-electron chi connectivity index (χ2n) is 8.89. The van der Waals surface area contributed by atoms with Gasteiger partial charge in [-0.2, -0.15) is 5.10 Å². The Bertz CT molecular complexity index is 1120. The number of hydrogen-bond acceptors (Lipinski definition) is 3. The summed E-state index contributed by atoms with van der Waals surface area (Å²) in [5.74, 6) is 0.0225. The highest BCUT2D eigenvalue weighted by Gasteiger charge is 2.33. The molecule has 0 saturated heterocycles. The third-order valence-corrected chi connectivity index (χ3v) is 6.03. The van der Waals surface area contributed by atoms with Crippen LogP contribution in [-0.4, -0.2) is 35.1 Å². The second-order valence-corrected chi connectivity index (χ2v) is 8.89. The van der Waals surface area contributed by atoms with Crippen molar-refractivity contribution < 1.29 is 4.79 Å². The molecule has 4 rings (SSSR count). The molecule has 0 spiro atoms. The van der Waals surface area contributed by atoms with E-state index < -0.39 is 0 Å². The van der Waals surface area contributed by atoms with Crippen LogP contribution in [0.4, 0.5) is 0 Å². The molecule has 1 atom stereocenters. The summed E-state index contributed by atoms with van der Waals surface area (Å²) in [7, 11) is 1.98. The lowest BCUT2D eigenvalue weighted by molar-refractivity contribution is -0.134. The van der Waals surface area contributed by atoms with E-state index >= 15 is 0 Å². The lowest BCUT2D eigenvalue weighted by atomic mass is 9.94. The minimum atomic E-state index is -0.0804. The molecule has 0 aliphatic carbocycles. The molecule has 164 valence electrons. The van der Waals surface area contributed by atoms with Gasteiger partial charge in [-0.25, -0.2) is 5.01 Å². The van der Waals surface area contributed by atoms with Crippen molar-refractivity contribution in [3.8, 4) is 0 Å². The number of aryl methyl sites for hydroxylation is 3. The van der Waals surface area contributed by atoms with Crippen LogP contribution >= 0.6 is 0 Å². The van der Waals surface area contributed by atoms with Crippen molar-refractivity contribution in [2.75, 3.05) is 13.6 Å². The van der Waals surface area contributed by atoms with Crippen LogP contribution in [0.3, 0.4) is 0 Å². The van der Waals surface area contributed by atoms with E-state index in [0.29, 0.717) is 6.54 Å². The standard InChI is InChI=1S/C28H31N3O/c1-20-11-14-24(15-12-20)27-17-26(25-16-21(2)10-13-22(25)3)29-31(27)28(32)19-30(4)18-23-8-6-5-7-9-23/h5-16,27H,17-19H2,1-4H3. The molecule has 0 aromatic heterocycles. The zero-order valence-electron chi connectivity index (χ0n) is 19.4. The Morgan fingerprint density at radius 2 is 1.66 bits per heavy atom. The SMILES string of the molecule is Cc1ccc(C2CC(c3cc(C)ccc3C)=NN2C(=O)CN(C)Cc2ccccc2)cc1. The van der Waals surface area contributed by atoms with Gasteiger partial charge >= 0.3 is 0 Å². The summed E-state index contributed by atoms with van der Waals surface area (Å²) < 4.78 is 0. The minimum absolute atomic E-state index is 0.0225. The topological polar surface area (TPSA) is 35.9 Å². The van der Waals surface area contributed by atoms with Gasteiger partial charge in [0.1, 0.15) is 0 Å². The third kappa shape index (κ3) is 4.97. The number of rotatable bonds is 6. The highest BCUT2D eigenvalue weighted by Crippen LogP contribution is 2.34. The predicted octanol–water partition coefficient (Wildman–Crippen LogP) is 5.42. The zero-order valence-corrected chi connectivity index (χ0v) is 19.4. The molecule has 0 fully saturated rings. The minimum Gasteiger partial charge on any atom is -0.293 e. The molecule has 32 heavy (non-hydrogen) atoms. The number of benzene rings is 3. The van der Waals surface area contributed by atoms with E-state index in [2.05, 4.69) is 80.3 Å². The van der Waals surface area contributed by atoms with Gasteiger partial charge in [0.05, 0.1) is 18.3 Å². The Morgan fingerprint density at radius 1 is 0.969 bits per heavy atom. The van der Waals surface area contributed by atoms with E-state index in [9.17, 15) is 4.79 Å². The smallest absolute Gasteiger partial charge is 0.257 e. The van der Waals surface area contributed by atoms with Gasteiger partial charge in [-0.05, 0) is 50.6 Å². The normalized spacial score (nSPS) is 15.8. The van der Waals surface area contributed by atoms with Crippen LogP contribution in [0.15, 0.2) is 77.9 Å². The quantitative estimate of drug-likeness (QED) is 0.529. The van der Waals surface area contributed by atoms with Gasteiger partial charge in [0.25, 0.3) is 5.91 Å². The van der Waals surface area contributed by atoms with Gasteiger partial charge in [0.15, 0.2) is 0 Å². The molecule has 0 N–H and O–H groups in total. The van der Waals surface area contributed by atoms with E-state index in [0.717, 1.165) is 29.8 Å². The monoisotopic (exact) mass is 425 g/mol. The summed E-state index contributed by atoms with van der Waals surface area (Å²) in [6, 6.07) is 25.0. The summed E-state index contributed by atoms with van der Waals surface area (Å²) >= 11 is 0. The molecule has 3 aromatic carbocycles. The first-order valence-corrected chi connectivity index (χ1v) is 11.2. The van der Waals surface area contributed by atoms with Crippen molar-refractivity contribution in [1.29, 1.82) is 0 Å². The Kier molecular flexibility index (Phi) is 6.52. The van der Waals surface area contributed by atoms with Gasteiger partial charge in [-0.3, -0.25) is 9.69 Å². The summed E-state index contributed by atoms with van der Waals surface area (Å²) in [6.07, 6.45) is 0.724. The van der Waals surface area contributed by atoms with Gasteiger partial charge in [0.2, 0.25) is 0 Å². The van der Waals surface area contributed by atoms with Crippen molar-refractivity contribution in [2.24, 2.45) is 5.10 Å². The van der Waals surface area contributed by atoms with E-state index in [4.69, 9.17) is 5.10 Å². The average molecular weight is 426 g/mol. The van der Waals surface area contributed by atoms with Gasteiger partial charge in [-0.15, -0.1) is 0 Å². The number of hydrazone groups is 1. The maximum atomic E-state index is 13.4. The molecule has 1 aliphatic heterocycles. The second kappa shape index (κ2) is 9.49. The van der Waals surface area contributed by atoms with E-state index in [1.165, 1.54) is 22.3 Å². The lowest BCUT2D eigenvalue weighted by Gasteiger charge is -2.25. The summed E-state index contributed by atoms with van der Waals surface area (Å²) in [5.41, 5.74) is 8.03. The molecule has 1 unspecified atom stereocenters. The number of carbonyl (C=O) groups excluding carboxylic acids is 1. The van der Waals surface area contributed by atoms with Crippen molar-refractivity contribution in [3.63, 3.8) is 0 Å². The Hall–Kier alpha value is -3.24. The third-order valence-electron chi connectivity index (χ3n) is 6.03. The Morgan fingerprint density at radius 3 is 2.38 bits per heavy atom. The number of amides is 1. The Balaban J connectivity index is 1.60. The highest BCUT2D eigenvalue weighted by atomic mass is 16.2. The summed E-state index contributed by atoms with van der Waals surface area (Å²) in [4.78, 5) is 15.5. The van der Waals surface area contributed by atoms with Gasteiger partial charge < -0.3 is 0 Å². The zero-order chi connectivity index (χ0) is 22.7. The van der Waals surface area contributed by atoms with Gasteiger partial charge in [-0.1, -0.05) is 77.9 Å². The number of carbonyl (C=O) groups is 1. The molecule has 3 aromatic rings. The van der Waals surface area contributed by atoms with Crippen LogP contribution in [0.1, 0.15) is 45.8 Å². The van der Waals surface area contributed by atoms with Crippen LogP contribution in [0, 0.1) is 20.8 Å². The molecule has 1 amide bonds.